The van der Waals surface area contributed by atoms with E-state index >= 15 is 0 Å². The van der Waals surface area contributed by atoms with E-state index in [1.54, 1.807) is 0 Å². The molecule has 0 atom stereocenters. The Balaban J connectivity index is 2.11. The third-order valence-corrected chi connectivity index (χ3v) is 3.54. The Labute approximate surface area is 115 Å². The molecule has 0 aliphatic rings. The lowest BCUT2D eigenvalue weighted by molar-refractivity contribution is 0.291. The Morgan fingerprint density at radius 1 is 1.21 bits per heavy atom. The molecule has 0 unspecified atom stereocenters. The third kappa shape index (κ3) is 3.37. The SMILES string of the molecule is CCCCCN(C)Cc1oc2ccccc2c1CN. The average molecular weight is 260 g/mol. The van der Waals surface area contributed by atoms with Gasteiger partial charge in [0.15, 0.2) is 0 Å². The lowest BCUT2D eigenvalue weighted by atomic mass is 10.1. The van der Waals surface area contributed by atoms with E-state index < -0.39 is 0 Å². The number of furan rings is 1. The highest BCUT2D eigenvalue weighted by atomic mass is 16.3. The molecular weight excluding hydrogens is 236 g/mol. The smallest absolute Gasteiger partial charge is 0.134 e. The minimum Gasteiger partial charge on any atom is -0.459 e. The predicted octanol–water partition coefficient (Wildman–Crippen LogP) is 3.51. The molecule has 1 aromatic heterocycles. The summed E-state index contributed by atoms with van der Waals surface area (Å²) < 4.78 is 5.95. The minimum absolute atomic E-state index is 0.537. The maximum absolute atomic E-state index is 5.95. The van der Waals surface area contributed by atoms with Gasteiger partial charge in [-0.1, -0.05) is 38.0 Å². The number of hydrogen-bond donors (Lipinski definition) is 1. The number of hydrogen-bond acceptors (Lipinski definition) is 3. The van der Waals surface area contributed by atoms with Gasteiger partial charge in [0.25, 0.3) is 0 Å². The number of unbranched alkanes of at least 4 members (excludes halogenated alkanes) is 2. The van der Waals surface area contributed by atoms with Crippen LogP contribution in [0.2, 0.25) is 0 Å². The van der Waals surface area contributed by atoms with Gasteiger partial charge in [-0.05, 0) is 26.1 Å². The Hall–Kier alpha value is -1.32. The van der Waals surface area contributed by atoms with Gasteiger partial charge in [-0.3, -0.25) is 4.90 Å². The van der Waals surface area contributed by atoms with Crippen molar-refractivity contribution in [3.63, 3.8) is 0 Å². The zero-order valence-corrected chi connectivity index (χ0v) is 12.0. The van der Waals surface area contributed by atoms with E-state index in [-0.39, 0.29) is 0 Å². The monoisotopic (exact) mass is 260 g/mol. The van der Waals surface area contributed by atoms with E-state index in [4.69, 9.17) is 10.2 Å². The molecule has 19 heavy (non-hydrogen) atoms. The average Bonchev–Trinajstić information content (AvgIpc) is 2.76. The molecule has 3 nitrogen and oxygen atoms in total. The second kappa shape index (κ2) is 6.73. The van der Waals surface area contributed by atoms with E-state index in [1.807, 2.05) is 18.2 Å². The van der Waals surface area contributed by atoms with Gasteiger partial charge in [-0.15, -0.1) is 0 Å². The van der Waals surface area contributed by atoms with Crippen LogP contribution >= 0.6 is 0 Å². The van der Waals surface area contributed by atoms with Gasteiger partial charge in [-0.25, -0.2) is 0 Å². The fourth-order valence-electron chi connectivity index (χ4n) is 2.46. The van der Waals surface area contributed by atoms with Gasteiger partial charge in [0.1, 0.15) is 11.3 Å². The van der Waals surface area contributed by atoms with E-state index in [0.29, 0.717) is 6.54 Å². The van der Waals surface area contributed by atoms with Crippen LogP contribution in [0.1, 0.15) is 37.5 Å². The van der Waals surface area contributed by atoms with Crippen molar-refractivity contribution in [2.24, 2.45) is 5.73 Å². The van der Waals surface area contributed by atoms with Gasteiger partial charge in [0.05, 0.1) is 6.54 Å². The molecule has 0 aliphatic carbocycles. The van der Waals surface area contributed by atoms with Crippen molar-refractivity contribution < 1.29 is 4.42 Å². The van der Waals surface area contributed by atoms with Gasteiger partial charge in [0.2, 0.25) is 0 Å². The standard InChI is InChI=1S/C16H24N2O/c1-3-4-7-10-18(2)12-16-14(11-17)13-8-5-6-9-15(13)19-16/h5-6,8-9H,3-4,7,10-12,17H2,1-2H3. The topological polar surface area (TPSA) is 42.4 Å². The van der Waals surface area contributed by atoms with Gasteiger partial charge >= 0.3 is 0 Å². The number of benzene rings is 1. The van der Waals surface area contributed by atoms with Crippen LogP contribution in [0.25, 0.3) is 11.0 Å². The van der Waals surface area contributed by atoms with Crippen LogP contribution in [0.3, 0.4) is 0 Å². The quantitative estimate of drug-likeness (QED) is 0.775. The Morgan fingerprint density at radius 2 is 2.00 bits per heavy atom. The van der Waals surface area contributed by atoms with E-state index in [0.717, 1.165) is 35.4 Å². The van der Waals surface area contributed by atoms with E-state index in [2.05, 4.69) is 24.9 Å². The van der Waals surface area contributed by atoms with Crippen LogP contribution < -0.4 is 5.73 Å². The van der Waals surface area contributed by atoms with Gasteiger partial charge < -0.3 is 10.2 Å². The van der Waals surface area contributed by atoms with Crippen molar-refractivity contribution in [2.75, 3.05) is 13.6 Å². The highest BCUT2D eigenvalue weighted by molar-refractivity contribution is 5.82. The normalized spacial score (nSPS) is 11.6. The summed E-state index contributed by atoms with van der Waals surface area (Å²) in [6, 6.07) is 8.13. The van der Waals surface area contributed by atoms with Crippen LogP contribution in [0.4, 0.5) is 0 Å². The van der Waals surface area contributed by atoms with Crippen molar-refractivity contribution in [3.8, 4) is 0 Å². The second-order valence-corrected chi connectivity index (χ2v) is 5.15. The summed E-state index contributed by atoms with van der Waals surface area (Å²) >= 11 is 0. The summed E-state index contributed by atoms with van der Waals surface area (Å²) in [7, 11) is 2.14. The largest absolute Gasteiger partial charge is 0.459 e. The van der Waals surface area contributed by atoms with Crippen LogP contribution in [0.5, 0.6) is 0 Å². The zero-order valence-electron chi connectivity index (χ0n) is 12.0. The number of para-hydroxylation sites is 1. The molecule has 1 heterocycles. The molecular formula is C16H24N2O. The molecule has 104 valence electrons. The van der Waals surface area contributed by atoms with Crippen molar-refractivity contribution in [1.29, 1.82) is 0 Å². The molecule has 0 amide bonds. The fraction of sp³-hybridized carbons (Fsp3) is 0.500. The first-order valence-corrected chi connectivity index (χ1v) is 7.14. The summed E-state index contributed by atoms with van der Waals surface area (Å²) in [5, 5.41) is 1.15. The molecule has 2 rings (SSSR count). The third-order valence-electron chi connectivity index (χ3n) is 3.54. The molecule has 1 aromatic carbocycles. The van der Waals surface area contributed by atoms with Gasteiger partial charge in [-0.2, -0.15) is 0 Å². The first-order valence-electron chi connectivity index (χ1n) is 7.14. The number of fused-ring (bicyclic) bond motifs is 1. The highest BCUT2D eigenvalue weighted by Crippen LogP contribution is 2.26. The summed E-state index contributed by atoms with van der Waals surface area (Å²) in [5.74, 6) is 1.02. The molecule has 0 bridgehead atoms. The molecule has 2 N–H and O–H groups in total. The summed E-state index contributed by atoms with van der Waals surface area (Å²) in [5.41, 5.74) is 7.98. The lowest BCUT2D eigenvalue weighted by Gasteiger charge is -2.15. The maximum atomic E-state index is 5.95. The summed E-state index contributed by atoms with van der Waals surface area (Å²) in [6.07, 6.45) is 3.78. The molecule has 2 aromatic rings. The molecule has 0 fully saturated rings. The molecule has 0 aliphatic heterocycles. The Bertz CT molecular complexity index is 518. The number of nitrogens with two attached hydrogens (primary N) is 1. The van der Waals surface area contributed by atoms with Crippen molar-refractivity contribution in [3.05, 3.63) is 35.6 Å². The predicted molar refractivity (Wildman–Crippen MR) is 80.0 cm³/mol. The van der Waals surface area contributed by atoms with Gasteiger partial charge in [0, 0.05) is 17.5 Å². The van der Waals surface area contributed by atoms with E-state index in [1.165, 1.54) is 19.3 Å². The Kier molecular flexibility index (Phi) is 5.00. The van der Waals surface area contributed by atoms with Crippen molar-refractivity contribution >= 4 is 11.0 Å². The summed E-state index contributed by atoms with van der Waals surface area (Å²) in [6.45, 7) is 4.71. The van der Waals surface area contributed by atoms with Crippen LogP contribution in [0, 0.1) is 0 Å². The number of rotatable bonds is 7. The van der Waals surface area contributed by atoms with Crippen LogP contribution in [-0.4, -0.2) is 18.5 Å². The van der Waals surface area contributed by atoms with Crippen LogP contribution in [-0.2, 0) is 13.1 Å². The first-order chi connectivity index (χ1) is 9.26. The first kappa shape index (κ1) is 14.1. The van der Waals surface area contributed by atoms with Crippen LogP contribution in [0.15, 0.2) is 28.7 Å². The number of nitrogens with zero attached hydrogens (tertiary/aromatic N) is 1. The second-order valence-electron chi connectivity index (χ2n) is 5.15. The molecule has 0 spiro atoms. The molecule has 0 saturated carbocycles. The molecule has 0 radical (unpaired) electrons. The maximum Gasteiger partial charge on any atom is 0.134 e. The zero-order chi connectivity index (χ0) is 13.7. The molecule has 0 saturated heterocycles. The fourth-order valence-corrected chi connectivity index (χ4v) is 2.46. The van der Waals surface area contributed by atoms with Crippen molar-refractivity contribution in [2.45, 2.75) is 39.3 Å². The lowest BCUT2D eigenvalue weighted by Crippen LogP contribution is -2.19. The van der Waals surface area contributed by atoms with E-state index in [9.17, 15) is 0 Å². The molecule has 3 heteroatoms. The Morgan fingerprint density at radius 3 is 2.74 bits per heavy atom. The highest BCUT2D eigenvalue weighted by Gasteiger charge is 2.13. The minimum atomic E-state index is 0.537. The summed E-state index contributed by atoms with van der Waals surface area (Å²) in [4.78, 5) is 2.31. The van der Waals surface area contributed by atoms with Crippen molar-refractivity contribution in [1.82, 2.24) is 4.90 Å².